The van der Waals surface area contributed by atoms with Crippen LogP contribution in [0.4, 0.5) is 4.39 Å². The summed E-state index contributed by atoms with van der Waals surface area (Å²) in [5.74, 6) is -0.202. The van der Waals surface area contributed by atoms with Crippen LogP contribution in [0.2, 0.25) is 0 Å². The molecular formula is C11H14FNO2. The van der Waals surface area contributed by atoms with Crippen molar-refractivity contribution in [2.45, 2.75) is 19.9 Å². The first-order valence-electron chi connectivity index (χ1n) is 4.64. The van der Waals surface area contributed by atoms with Crippen LogP contribution in [0.5, 0.6) is 5.75 Å². The Hall–Kier alpha value is -1.71. The Morgan fingerprint density at radius 3 is 2.67 bits per heavy atom. The molecule has 0 aromatic heterocycles. The van der Waals surface area contributed by atoms with Crippen LogP contribution in [-0.2, 0) is 4.89 Å². The summed E-state index contributed by atoms with van der Waals surface area (Å²) < 4.78 is 13.0. The first-order chi connectivity index (χ1) is 7.09. The summed E-state index contributed by atoms with van der Waals surface area (Å²) in [6.45, 7) is 7.42. The van der Waals surface area contributed by atoms with Crippen LogP contribution < -0.4 is 10.2 Å². The van der Waals surface area contributed by atoms with Crippen molar-refractivity contribution in [2.75, 3.05) is 0 Å². The van der Waals surface area contributed by atoms with Gasteiger partial charge in [0.25, 0.3) is 0 Å². The van der Waals surface area contributed by atoms with E-state index < -0.39 is 5.82 Å². The monoisotopic (exact) mass is 211 g/mol. The lowest BCUT2D eigenvalue weighted by atomic mass is 10.3. The van der Waals surface area contributed by atoms with Crippen molar-refractivity contribution < 1.29 is 14.2 Å². The topological polar surface area (TPSA) is 30.5 Å². The van der Waals surface area contributed by atoms with Crippen LogP contribution in [0.1, 0.15) is 13.8 Å². The molecule has 1 rings (SSSR count). The molecule has 0 aliphatic carbocycles. The molecule has 0 aliphatic rings. The summed E-state index contributed by atoms with van der Waals surface area (Å²) >= 11 is 0. The molecule has 0 aliphatic heterocycles. The second kappa shape index (κ2) is 5.24. The van der Waals surface area contributed by atoms with Crippen molar-refractivity contribution in [3.63, 3.8) is 0 Å². The van der Waals surface area contributed by atoms with E-state index in [0.29, 0.717) is 0 Å². The largest absolute Gasteiger partial charge is 0.351 e. The second-order valence-corrected chi connectivity index (χ2v) is 3.32. The fourth-order valence-electron chi connectivity index (χ4n) is 0.954. The highest BCUT2D eigenvalue weighted by molar-refractivity contribution is 5.22. The fraction of sp³-hybridized carbons (Fsp3) is 0.273. The predicted molar refractivity (Wildman–Crippen MR) is 55.5 cm³/mol. The van der Waals surface area contributed by atoms with Gasteiger partial charge in [-0.15, -0.1) is 0 Å². The minimum atomic E-state index is -0.477. The second-order valence-electron chi connectivity index (χ2n) is 3.32. The fourth-order valence-corrected chi connectivity index (χ4v) is 0.954. The van der Waals surface area contributed by atoms with Gasteiger partial charge in [-0.1, -0.05) is 12.1 Å². The Labute approximate surface area is 88.4 Å². The van der Waals surface area contributed by atoms with Gasteiger partial charge in [-0.05, 0) is 32.6 Å². The van der Waals surface area contributed by atoms with E-state index in [4.69, 9.17) is 9.78 Å². The van der Waals surface area contributed by atoms with Crippen molar-refractivity contribution in [3.8, 4) is 5.75 Å². The number of para-hydroxylation sites is 1. The van der Waals surface area contributed by atoms with Gasteiger partial charge in [-0.2, -0.15) is 0 Å². The van der Waals surface area contributed by atoms with Gasteiger partial charge in [0.1, 0.15) is 0 Å². The van der Waals surface area contributed by atoms with Crippen molar-refractivity contribution in [1.29, 1.82) is 0 Å². The molecule has 0 spiro atoms. The zero-order valence-corrected chi connectivity index (χ0v) is 8.79. The van der Waals surface area contributed by atoms with Crippen molar-refractivity contribution in [2.24, 2.45) is 0 Å². The van der Waals surface area contributed by atoms with Gasteiger partial charge >= 0.3 is 0 Å². The maximum Gasteiger partial charge on any atom is 0.236 e. The minimum absolute atomic E-state index is 0.0317. The molecule has 0 heterocycles. The minimum Gasteiger partial charge on any atom is -0.351 e. The highest BCUT2D eigenvalue weighted by Crippen LogP contribution is 2.16. The van der Waals surface area contributed by atoms with E-state index in [-0.39, 0.29) is 17.7 Å². The van der Waals surface area contributed by atoms with Crippen molar-refractivity contribution >= 4 is 0 Å². The van der Waals surface area contributed by atoms with E-state index in [1.807, 2.05) is 13.8 Å². The Bertz CT molecular complexity index is 339. The predicted octanol–water partition coefficient (Wildman–Crippen LogP) is 2.61. The molecule has 15 heavy (non-hydrogen) atoms. The van der Waals surface area contributed by atoms with Crippen molar-refractivity contribution in [3.05, 3.63) is 42.5 Å². The molecule has 0 saturated heterocycles. The average Bonchev–Trinajstić information content (AvgIpc) is 2.15. The summed E-state index contributed by atoms with van der Waals surface area (Å²) in [6.07, 6.45) is 0. The lowest BCUT2D eigenvalue weighted by Gasteiger charge is -2.12. The molecule has 1 aromatic carbocycles. The summed E-state index contributed by atoms with van der Waals surface area (Å²) in [7, 11) is 0. The Balaban J connectivity index is 2.44. The van der Waals surface area contributed by atoms with E-state index in [0.717, 1.165) is 0 Å². The van der Waals surface area contributed by atoms with Crippen LogP contribution in [0.25, 0.3) is 0 Å². The number of nitrogens with one attached hydrogen (secondary N) is 1. The molecular weight excluding hydrogens is 197 g/mol. The number of hydrogen-bond acceptors (Lipinski definition) is 3. The molecule has 0 fully saturated rings. The van der Waals surface area contributed by atoms with E-state index >= 15 is 0 Å². The SMILES string of the molecule is C=C(NC(C)C)OOc1ccccc1F. The summed E-state index contributed by atoms with van der Waals surface area (Å²) in [4.78, 5) is 9.54. The van der Waals surface area contributed by atoms with Gasteiger partial charge in [-0.25, -0.2) is 4.39 Å². The van der Waals surface area contributed by atoms with E-state index in [1.165, 1.54) is 12.1 Å². The van der Waals surface area contributed by atoms with Crippen LogP contribution in [0.3, 0.4) is 0 Å². The van der Waals surface area contributed by atoms with E-state index in [2.05, 4.69) is 11.9 Å². The summed E-state index contributed by atoms with van der Waals surface area (Å²) in [5.41, 5.74) is 0. The van der Waals surface area contributed by atoms with Crippen LogP contribution in [0.15, 0.2) is 36.7 Å². The highest BCUT2D eigenvalue weighted by Gasteiger charge is 2.04. The molecule has 4 heteroatoms. The third-order valence-corrected chi connectivity index (χ3v) is 1.52. The molecule has 0 saturated carbocycles. The maximum absolute atomic E-state index is 13.0. The lowest BCUT2D eigenvalue weighted by Crippen LogP contribution is -2.23. The molecule has 1 aromatic rings. The van der Waals surface area contributed by atoms with Gasteiger partial charge < -0.3 is 5.32 Å². The first kappa shape index (κ1) is 11.4. The van der Waals surface area contributed by atoms with Gasteiger partial charge in [0.15, 0.2) is 5.82 Å². The van der Waals surface area contributed by atoms with Crippen LogP contribution in [0, 0.1) is 5.82 Å². The summed E-state index contributed by atoms with van der Waals surface area (Å²) in [6, 6.07) is 6.17. The average molecular weight is 211 g/mol. The number of hydrogen-bond donors (Lipinski definition) is 1. The van der Waals surface area contributed by atoms with Gasteiger partial charge in [0.2, 0.25) is 11.6 Å². The Morgan fingerprint density at radius 2 is 2.07 bits per heavy atom. The molecule has 0 atom stereocenters. The van der Waals surface area contributed by atoms with Crippen molar-refractivity contribution in [1.82, 2.24) is 5.32 Å². The Morgan fingerprint density at radius 1 is 1.40 bits per heavy atom. The van der Waals surface area contributed by atoms with Crippen LogP contribution >= 0.6 is 0 Å². The van der Waals surface area contributed by atoms with E-state index in [1.54, 1.807) is 12.1 Å². The zero-order chi connectivity index (χ0) is 11.3. The smallest absolute Gasteiger partial charge is 0.236 e. The number of rotatable bonds is 5. The molecule has 0 bridgehead atoms. The normalized spacial score (nSPS) is 9.87. The van der Waals surface area contributed by atoms with Gasteiger partial charge in [0.05, 0.1) is 0 Å². The van der Waals surface area contributed by atoms with Gasteiger partial charge in [0, 0.05) is 6.04 Å². The van der Waals surface area contributed by atoms with Crippen LogP contribution in [-0.4, -0.2) is 6.04 Å². The maximum atomic E-state index is 13.0. The zero-order valence-electron chi connectivity index (χ0n) is 8.79. The molecule has 3 nitrogen and oxygen atoms in total. The van der Waals surface area contributed by atoms with Gasteiger partial charge in [-0.3, -0.25) is 9.78 Å². The molecule has 0 unspecified atom stereocenters. The quantitative estimate of drug-likeness (QED) is 0.461. The number of halogens is 1. The molecule has 82 valence electrons. The molecule has 0 radical (unpaired) electrons. The third kappa shape index (κ3) is 3.89. The van der Waals surface area contributed by atoms with E-state index in [9.17, 15) is 4.39 Å². The first-order valence-corrected chi connectivity index (χ1v) is 4.64. The Kier molecular flexibility index (Phi) is 3.97. The standard InChI is InChI=1S/C11H14FNO2/c1-8(2)13-9(3)14-15-11-7-5-4-6-10(11)12/h4-8,13H,3H2,1-2H3. The molecule has 1 N–H and O–H groups in total. The lowest BCUT2D eigenvalue weighted by molar-refractivity contribution is -0.175. The number of benzene rings is 1. The molecule has 0 amide bonds. The highest BCUT2D eigenvalue weighted by atomic mass is 19.1. The third-order valence-electron chi connectivity index (χ3n) is 1.52. The summed E-state index contributed by atoms with van der Waals surface area (Å²) in [5, 5.41) is 2.87.